The van der Waals surface area contributed by atoms with Crippen molar-refractivity contribution in [2.75, 3.05) is 6.54 Å². The first-order valence-electron chi connectivity index (χ1n) is 6.36. The molecule has 0 aliphatic carbocycles. The van der Waals surface area contributed by atoms with E-state index in [2.05, 4.69) is 17.1 Å². The smallest absolute Gasteiger partial charge is 0.158 e. The Bertz CT molecular complexity index is 633. The van der Waals surface area contributed by atoms with Gasteiger partial charge in [-0.2, -0.15) is 0 Å². The maximum Gasteiger partial charge on any atom is 0.158 e. The molecule has 2 aromatic carbocycles. The summed E-state index contributed by atoms with van der Waals surface area (Å²) >= 11 is 0. The van der Waals surface area contributed by atoms with E-state index in [1.165, 1.54) is 5.56 Å². The molecule has 96 valence electrons. The van der Waals surface area contributed by atoms with E-state index in [1.54, 1.807) is 12.1 Å². The van der Waals surface area contributed by atoms with Gasteiger partial charge in [0.25, 0.3) is 0 Å². The van der Waals surface area contributed by atoms with Gasteiger partial charge in [0.2, 0.25) is 0 Å². The Kier molecular flexibility index (Phi) is 2.95. The second kappa shape index (κ2) is 4.76. The zero-order chi connectivity index (χ0) is 13.2. The van der Waals surface area contributed by atoms with Crippen molar-refractivity contribution in [3.05, 3.63) is 59.2 Å². The first-order valence-corrected chi connectivity index (χ1v) is 6.36. The first-order chi connectivity index (χ1) is 9.24. The van der Waals surface area contributed by atoms with Crippen LogP contribution in [0.5, 0.6) is 11.5 Å². The lowest BCUT2D eigenvalue weighted by atomic mass is 9.93. The van der Waals surface area contributed by atoms with Gasteiger partial charge in [0, 0.05) is 24.2 Å². The number of aliphatic imine (C=N–C) groups is 1. The molecule has 0 aromatic heterocycles. The fraction of sp³-hybridized carbons (Fsp3) is 0.188. The minimum absolute atomic E-state index is 0.0558. The van der Waals surface area contributed by atoms with Gasteiger partial charge >= 0.3 is 0 Å². The van der Waals surface area contributed by atoms with Gasteiger partial charge in [0.05, 0.1) is 0 Å². The average molecular weight is 253 g/mol. The van der Waals surface area contributed by atoms with Crippen LogP contribution in [0, 0.1) is 0 Å². The standard InChI is InChI=1S/C16H15NO2/c18-15-9-12-6-7-17-14(13(12)10-16(15)19)8-11-4-2-1-3-5-11/h1-5,9-10,18-19H,6-8H2. The third-order valence-electron chi connectivity index (χ3n) is 3.41. The summed E-state index contributed by atoms with van der Waals surface area (Å²) in [6.07, 6.45) is 1.56. The van der Waals surface area contributed by atoms with E-state index in [4.69, 9.17) is 0 Å². The highest BCUT2D eigenvalue weighted by Crippen LogP contribution is 2.31. The van der Waals surface area contributed by atoms with Gasteiger partial charge in [-0.3, -0.25) is 4.99 Å². The normalized spacial score (nSPS) is 13.8. The molecule has 0 saturated heterocycles. The molecule has 3 heteroatoms. The highest BCUT2D eigenvalue weighted by Gasteiger charge is 2.17. The van der Waals surface area contributed by atoms with Crippen LogP contribution in [0.1, 0.15) is 16.7 Å². The third kappa shape index (κ3) is 2.32. The van der Waals surface area contributed by atoms with Gasteiger partial charge in [0.1, 0.15) is 0 Å². The van der Waals surface area contributed by atoms with E-state index in [9.17, 15) is 10.2 Å². The molecule has 0 atom stereocenters. The molecule has 1 heterocycles. The van der Waals surface area contributed by atoms with Crippen LogP contribution in [0.15, 0.2) is 47.5 Å². The Morgan fingerprint density at radius 3 is 2.53 bits per heavy atom. The molecule has 0 spiro atoms. The van der Waals surface area contributed by atoms with Crippen molar-refractivity contribution in [1.29, 1.82) is 0 Å². The Morgan fingerprint density at radius 1 is 1.00 bits per heavy atom. The number of aromatic hydroxyl groups is 2. The Balaban J connectivity index is 1.97. The van der Waals surface area contributed by atoms with Gasteiger partial charge in [-0.15, -0.1) is 0 Å². The number of fused-ring (bicyclic) bond motifs is 1. The molecule has 0 fully saturated rings. The SMILES string of the molecule is Oc1cc2c(cc1O)C(Cc1ccccc1)=NCC2. The summed E-state index contributed by atoms with van der Waals surface area (Å²) in [5, 5.41) is 19.2. The fourth-order valence-electron chi connectivity index (χ4n) is 2.43. The maximum atomic E-state index is 9.65. The largest absolute Gasteiger partial charge is 0.504 e. The summed E-state index contributed by atoms with van der Waals surface area (Å²) in [5.74, 6) is -0.138. The zero-order valence-corrected chi connectivity index (χ0v) is 10.5. The average Bonchev–Trinajstić information content (AvgIpc) is 2.42. The summed E-state index contributed by atoms with van der Waals surface area (Å²) in [5.41, 5.74) is 4.17. The molecule has 0 amide bonds. The lowest BCUT2D eigenvalue weighted by Gasteiger charge is -2.18. The quantitative estimate of drug-likeness (QED) is 0.808. The lowest BCUT2D eigenvalue weighted by molar-refractivity contribution is 0.403. The van der Waals surface area contributed by atoms with Crippen LogP contribution in [0.4, 0.5) is 0 Å². The monoisotopic (exact) mass is 253 g/mol. The molecular weight excluding hydrogens is 238 g/mol. The van der Waals surface area contributed by atoms with Crippen molar-refractivity contribution in [2.24, 2.45) is 4.99 Å². The molecule has 3 rings (SSSR count). The van der Waals surface area contributed by atoms with Gasteiger partial charge in [-0.25, -0.2) is 0 Å². The van der Waals surface area contributed by atoms with Gasteiger partial charge < -0.3 is 10.2 Å². The van der Waals surface area contributed by atoms with Crippen molar-refractivity contribution in [2.45, 2.75) is 12.8 Å². The van der Waals surface area contributed by atoms with Crippen LogP contribution in [-0.4, -0.2) is 22.5 Å². The fourth-order valence-corrected chi connectivity index (χ4v) is 2.43. The molecule has 0 bridgehead atoms. The maximum absolute atomic E-state index is 9.65. The number of hydrogen-bond acceptors (Lipinski definition) is 3. The summed E-state index contributed by atoms with van der Waals surface area (Å²) in [6.45, 7) is 0.735. The topological polar surface area (TPSA) is 52.8 Å². The van der Waals surface area contributed by atoms with Crippen molar-refractivity contribution in [3.8, 4) is 11.5 Å². The van der Waals surface area contributed by atoms with Crippen LogP contribution in [0.25, 0.3) is 0 Å². The molecule has 3 nitrogen and oxygen atoms in total. The van der Waals surface area contributed by atoms with E-state index < -0.39 is 0 Å². The third-order valence-corrected chi connectivity index (χ3v) is 3.41. The van der Waals surface area contributed by atoms with E-state index in [1.807, 2.05) is 18.2 Å². The highest BCUT2D eigenvalue weighted by atomic mass is 16.3. The molecule has 1 aliphatic rings. The van der Waals surface area contributed by atoms with Crippen molar-refractivity contribution in [3.63, 3.8) is 0 Å². The Labute approximate surface area is 111 Å². The van der Waals surface area contributed by atoms with E-state index in [0.29, 0.717) is 0 Å². The van der Waals surface area contributed by atoms with Gasteiger partial charge in [0.15, 0.2) is 11.5 Å². The van der Waals surface area contributed by atoms with E-state index in [0.717, 1.165) is 36.2 Å². The molecular formula is C16H15NO2. The Morgan fingerprint density at radius 2 is 1.74 bits per heavy atom. The predicted molar refractivity (Wildman–Crippen MR) is 75.0 cm³/mol. The number of phenols is 2. The first kappa shape index (κ1) is 11.8. The van der Waals surface area contributed by atoms with Crippen LogP contribution in [-0.2, 0) is 12.8 Å². The van der Waals surface area contributed by atoms with E-state index in [-0.39, 0.29) is 11.5 Å². The molecule has 0 radical (unpaired) electrons. The van der Waals surface area contributed by atoms with Crippen LogP contribution in [0.3, 0.4) is 0 Å². The highest BCUT2D eigenvalue weighted by molar-refractivity contribution is 6.04. The summed E-state index contributed by atoms with van der Waals surface area (Å²) < 4.78 is 0. The van der Waals surface area contributed by atoms with Crippen molar-refractivity contribution >= 4 is 5.71 Å². The zero-order valence-electron chi connectivity index (χ0n) is 10.5. The minimum Gasteiger partial charge on any atom is -0.504 e. The predicted octanol–water partition coefficient (Wildman–Crippen LogP) is 2.69. The second-order valence-corrected chi connectivity index (χ2v) is 4.74. The molecule has 0 saturated carbocycles. The van der Waals surface area contributed by atoms with Crippen molar-refractivity contribution in [1.82, 2.24) is 0 Å². The second-order valence-electron chi connectivity index (χ2n) is 4.74. The molecule has 2 aromatic rings. The number of hydrogen-bond donors (Lipinski definition) is 2. The van der Waals surface area contributed by atoms with E-state index >= 15 is 0 Å². The van der Waals surface area contributed by atoms with Gasteiger partial charge in [-0.1, -0.05) is 30.3 Å². The molecule has 0 unspecified atom stereocenters. The van der Waals surface area contributed by atoms with Crippen LogP contribution in [0.2, 0.25) is 0 Å². The number of nitrogens with zero attached hydrogens (tertiary/aromatic N) is 1. The molecule has 19 heavy (non-hydrogen) atoms. The molecule has 1 aliphatic heterocycles. The number of phenolic OH excluding ortho intramolecular Hbond substituents is 2. The van der Waals surface area contributed by atoms with Crippen LogP contribution < -0.4 is 0 Å². The number of benzene rings is 2. The van der Waals surface area contributed by atoms with Crippen LogP contribution >= 0.6 is 0 Å². The number of rotatable bonds is 2. The lowest BCUT2D eigenvalue weighted by Crippen LogP contribution is -2.15. The summed E-state index contributed by atoms with van der Waals surface area (Å²) in [7, 11) is 0. The Hall–Kier alpha value is -2.29. The molecule has 2 N–H and O–H groups in total. The summed E-state index contributed by atoms with van der Waals surface area (Å²) in [6, 6.07) is 13.4. The minimum atomic E-state index is -0.0820. The van der Waals surface area contributed by atoms with Crippen molar-refractivity contribution < 1.29 is 10.2 Å². The van der Waals surface area contributed by atoms with Gasteiger partial charge in [-0.05, 0) is 29.7 Å². The summed E-state index contributed by atoms with van der Waals surface area (Å²) in [4.78, 5) is 4.56.